The molecule has 0 saturated carbocycles. The normalized spacial score (nSPS) is 22.4. The minimum absolute atomic E-state index is 0.00844. The molecule has 3 heterocycles. The van der Waals surface area contributed by atoms with Crippen LogP contribution in [0.3, 0.4) is 0 Å². The van der Waals surface area contributed by atoms with Gasteiger partial charge in [-0.15, -0.1) is 0 Å². The van der Waals surface area contributed by atoms with Crippen LogP contribution in [0.1, 0.15) is 23.6 Å². The Bertz CT molecular complexity index is 1130. The lowest BCUT2D eigenvalue weighted by atomic mass is 9.82. The first-order valence-electron chi connectivity index (χ1n) is 13.0. The summed E-state index contributed by atoms with van der Waals surface area (Å²) < 4.78 is 40.5. The summed E-state index contributed by atoms with van der Waals surface area (Å²) in [7, 11) is 0. The molecule has 0 unspecified atom stereocenters. The third-order valence-corrected chi connectivity index (χ3v) is 8.04. The van der Waals surface area contributed by atoms with Crippen LogP contribution >= 0.6 is 0 Å². The second-order valence-corrected chi connectivity index (χ2v) is 10.3. The molecule has 198 valence electrons. The van der Waals surface area contributed by atoms with Crippen molar-refractivity contribution in [1.29, 1.82) is 0 Å². The number of nitrogens with zero attached hydrogens (tertiary/aromatic N) is 4. The molecule has 0 bridgehead atoms. The molecule has 0 N–H and O–H groups in total. The van der Waals surface area contributed by atoms with E-state index >= 15 is 0 Å². The summed E-state index contributed by atoms with van der Waals surface area (Å²) in [6.45, 7) is 6.42. The van der Waals surface area contributed by atoms with Gasteiger partial charge in [-0.2, -0.15) is 13.2 Å². The van der Waals surface area contributed by atoms with Gasteiger partial charge < -0.3 is 14.7 Å². The quantitative estimate of drug-likeness (QED) is 0.629. The van der Waals surface area contributed by atoms with E-state index in [4.69, 9.17) is 0 Å². The van der Waals surface area contributed by atoms with Gasteiger partial charge >= 0.3 is 6.18 Å². The van der Waals surface area contributed by atoms with Crippen molar-refractivity contribution in [2.45, 2.75) is 32.0 Å². The third-order valence-electron chi connectivity index (χ3n) is 8.04. The molecule has 5 rings (SSSR count). The van der Waals surface area contributed by atoms with Gasteiger partial charge in [-0.25, -0.2) is 0 Å². The van der Waals surface area contributed by atoms with Crippen LogP contribution in [0.25, 0.3) is 0 Å². The monoisotopic (exact) mass is 514 g/mol. The summed E-state index contributed by atoms with van der Waals surface area (Å²) in [6.07, 6.45) is -3.23. The highest BCUT2D eigenvalue weighted by atomic mass is 19.4. The zero-order valence-corrected chi connectivity index (χ0v) is 21.1. The molecular weight excluding hydrogens is 481 g/mol. The standard InChI is InChI=1S/C28H33F3N4O2/c1-20(36)33-12-14-34(15-13-33)27(37)24-18-22-17-23(28(29,30)31)7-8-25(22)35-16-11-32(19-26(24)35)10-9-21-5-3-2-4-6-21/h2-8,17,24,26H,9-16,18-19H2,1H3/t24-,26+/m1/s1. The largest absolute Gasteiger partial charge is 0.416 e. The number of halogens is 3. The number of piperazine rings is 2. The van der Waals surface area contributed by atoms with Crippen LogP contribution in [-0.4, -0.2) is 84.9 Å². The molecule has 0 aliphatic carbocycles. The van der Waals surface area contributed by atoms with Crippen molar-refractivity contribution in [3.05, 3.63) is 65.2 Å². The summed E-state index contributed by atoms with van der Waals surface area (Å²) >= 11 is 0. The molecule has 2 amide bonds. The first kappa shape index (κ1) is 25.6. The van der Waals surface area contributed by atoms with E-state index in [1.807, 2.05) is 18.2 Å². The lowest BCUT2D eigenvalue weighted by Crippen LogP contribution is -2.62. The Balaban J connectivity index is 1.38. The van der Waals surface area contributed by atoms with Crippen molar-refractivity contribution in [2.24, 2.45) is 5.92 Å². The Morgan fingerprint density at radius 2 is 1.62 bits per heavy atom. The SMILES string of the molecule is CC(=O)N1CCN(C(=O)[C@@H]2Cc3cc(C(F)(F)F)ccc3N3CCN(CCc4ccccc4)C[C@@H]23)CC1. The van der Waals surface area contributed by atoms with E-state index < -0.39 is 17.7 Å². The maximum Gasteiger partial charge on any atom is 0.416 e. The molecule has 0 radical (unpaired) electrons. The van der Waals surface area contributed by atoms with Crippen LogP contribution < -0.4 is 4.90 Å². The number of rotatable bonds is 4. The number of anilines is 1. The molecular formula is C28H33F3N4O2. The topological polar surface area (TPSA) is 47.1 Å². The molecule has 3 aliphatic rings. The number of carbonyl (C=O) groups is 2. The lowest BCUT2D eigenvalue weighted by molar-refractivity contribution is -0.142. The fourth-order valence-electron chi connectivity index (χ4n) is 5.95. The summed E-state index contributed by atoms with van der Waals surface area (Å²) in [6, 6.07) is 14.1. The second-order valence-electron chi connectivity index (χ2n) is 10.3. The van der Waals surface area contributed by atoms with Crippen molar-refractivity contribution in [1.82, 2.24) is 14.7 Å². The highest BCUT2D eigenvalue weighted by molar-refractivity contribution is 5.83. The summed E-state index contributed by atoms with van der Waals surface area (Å²) in [5.74, 6) is -0.462. The number of hydrogen-bond acceptors (Lipinski definition) is 4. The molecule has 2 atom stereocenters. The fourth-order valence-corrected chi connectivity index (χ4v) is 5.95. The highest BCUT2D eigenvalue weighted by Gasteiger charge is 2.44. The van der Waals surface area contributed by atoms with Gasteiger partial charge in [-0.05, 0) is 42.2 Å². The molecule has 6 nitrogen and oxygen atoms in total. The molecule has 2 saturated heterocycles. The molecule has 2 aromatic carbocycles. The summed E-state index contributed by atoms with van der Waals surface area (Å²) in [5.41, 5.74) is 1.98. The average molecular weight is 515 g/mol. The van der Waals surface area contributed by atoms with Crippen LogP contribution in [0.2, 0.25) is 0 Å². The van der Waals surface area contributed by atoms with Crippen molar-refractivity contribution in [2.75, 3.05) is 57.3 Å². The molecule has 0 spiro atoms. The van der Waals surface area contributed by atoms with Gasteiger partial charge in [0.1, 0.15) is 0 Å². The molecule has 37 heavy (non-hydrogen) atoms. The van der Waals surface area contributed by atoms with Crippen molar-refractivity contribution in [3.63, 3.8) is 0 Å². The average Bonchev–Trinajstić information content (AvgIpc) is 2.90. The van der Waals surface area contributed by atoms with Gasteiger partial charge in [0, 0.05) is 65.0 Å². The number of hydrogen-bond donors (Lipinski definition) is 0. The predicted molar refractivity (Wildman–Crippen MR) is 135 cm³/mol. The first-order valence-corrected chi connectivity index (χ1v) is 13.0. The van der Waals surface area contributed by atoms with Gasteiger partial charge in [0.05, 0.1) is 17.5 Å². The second kappa shape index (κ2) is 10.4. The Hall–Kier alpha value is -3.07. The molecule has 9 heteroatoms. The first-order chi connectivity index (χ1) is 17.7. The minimum atomic E-state index is -4.43. The number of fused-ring (bicyclic) bond motifs is 3. The number of carbonyl (C=O) groups excluding carboxylic acids is 2. The molecule has 2 aromatic rings. The number of alkyl halides is 3. The predicted octanol–water partition coefficient (Wildman–Crippen LogP) is 3.30. The van der Waals surface area contributed by atoms with E-state index in [1.165, 1.54) is 18.6 Å². The van der Waals surface area contributed by atoms with E-state index in [9.17, 15) is 22.8 Å². The third kappa shape index (κ3) is 5.46. The molecule has 0 aromatic heterocycles. The molecule has 2 fully saturated rings. The van der Waals surface area contributed by atoms with Gasteiger partial charge in [-0.3, -0.25) is 14.5 Å². The van der Waals surface area contributed by atoms with E-state index in [-0.39, 0.29) is 17.9 Å². The summed E-state index contributed by atoms with van der Waals surface area (Å²) in [4.78, 5) is 33.6. The highest BCUT2D eigenvalue weighted by Crippen LogP contribution is 2.40. The van der Waals surface area contributed by atoms with Crippen LogP contribution in [0, 0.1) is 5.92 Å². The van der Waals surface area contributed by atoms with E-state index in [0.29, 0.717) is 51.3 Å². The minimum Gasteiger partial charge on any atom is -0.365 e. The smallest absolute Gasteiger partial charge is 0.365 e. The van der Waals surface area contributed by atoms with Crippen molar-refractivity contribution in [3.8, 4) is 0 Å². The van der Waals surface area contributed by atoms with Crippen LogP contribution in [0.4, 0.5) is 18.9 Å². The van der Waals surface area contributed by atoms with Gasteiger partial charge in [0.15, 0.2) is 0 Å². The Kier molecular flexibility index (Phi) is 7.16. The van der Waals surface area contributed by atoms with Gasteiger partial charge in [0.2, 0.25) is 11.8 Å². The maximum atomic E-state index is 13.8. The van der Waals surface area contributed by atoms with Crippen molar-refractivity contribution >= 4 is 17.5 Å². The number of benzene rings is 2. The molecule has 3 aliphatic heterocycles. The Morgan fingerprint density at radius 1 is 0.919 bits per heavy atom. The van der Waals surface area contributed by atoms with Crippen LogP contribution in [-0.2, 0) is 28.6 Å². The van der Waals surface area contributed by atoms with Crippen molar-refractivity contribution < 1.29 is 22.8 Å². The van der Waals surface area contributed by atoms with E-state index in [2.05, 4.69) is 21.9 Å². The van der Waals surface area contributed by atoms with Gasteiger partial charge in [0.25, 0.3) is 0 Å². The Labute approximate surface area is 215 Å². The zero-order valence-electron chi connectivity index (χ0n) is 21.1. The van der Waals surface area contributed by atoms with Crippen LogP contribution in [0.5, 0.6) is 0 Å². The fraction of sp³-hybridized carbons (Fsp3) is 0.500. The lowest BCUT2D eigenvalue weighted by Gasteiger charge is -2.50. The summed E-state index contributed by atoms with van der Waals surface area (Å²) in [5, 5.41) is 0. The van der Waals surface area contributed by atoms with E-state index in [0.717, 1.165) is 31.3 Å². The van der Waals surface area contributed by atoms with Crippen LogP contribution in [0.15, 0.2) is 48.5 Å². The van der Waals surface area contributed by atoms with Gasteiger partial charge in [-0.1, -0.05) is 30.3 Å². The van der Waals surface area contributed by atoms with E-state index in [1.54, 1.807) is 15.9 Å². The Morgan fingerprint density at radius 3 is 2.30 bits per heavy atom. The number of amides is 2. The zero-order chi connectivity index (χ0) is 26.2. The maximum absolute atomic E-state index is 13.8.